The molecule has 0 N–H and O–H groups in total. The zero-order chi connectivity index (χ0) is 61.9. The summed E-state index contributed by atoms with van der Waals surface area (Å²) in [7, 11) is 0. The SMILES string of the molecule is c1cc(-c2cc(-c3ccc4c(-c5cccc(-c6c7c(cc8c9cccc%10c%11ccccc%11n(c68)c%109)c6cccc8c9ccccc9n7c86)c5)cccc4c3)cc3ccccc23)cc(-c2c3c4cccc5c6ccccc6n(c3cc3c2c2cccc6c7ccccc7n3c62)c54)c1. The van der Waals surface area contributed by atoms with E-state index < -0.39 is 0 Å². The summed E-state index contributed by atoms with van der Waals surface area (Å²) in [5.74, 6) is 0. The Bertz CT molecular complexity index is 7260. The lowest BCUT2D eigenvalue weighted by Gasteiger charge is -2.15. The molecule has 0 atom stereocenters. The van der Waals surface area contributed by atoms with Crippen molar-refractivity contribution in [2.24, 2.45) is 0 Å². The van der Waals surface area contributed by atoms with Crippen molar-refractivity contribution >= 4 is 174 Å². The first-order chi connectivity index (χ1) is 47.7. The van der Waals surface area contributed by atoms with Crippen molar-refractivity contribution < 1.29 is 0 Å². The quantitative estimate of drug-likeness (QED) is 0.163. The van der Waals surface area contributed by atoms with Gasteiger partial charge in [-0.15, -0.1) is 0 Å². The summed E-state index contributed by atoms with van der Waals surface area (Å²) in [6, 6.07) is 115. The van der Waals surface area contributed by atoms with Gasteiger partial charge in [0, 0.05) is 97.3 Å². The van der Waals surface area contributed by atoms with E-state index in [9.17, 15) is 0 Å². The van der Waals surface area contributed by atoms with Crippen LogP contribution in [0, 0.1) is 0 Å². The van der Waals surface area contributed by atoms with Gasteiger partial charge in [0.25, 0.3) is 0 Å². The van der Waals surface area contributed by atoms with Gasteiger partial charge in [-0.1, -0.05) is 237 Å². The summed E-state index contributed by atoms with van der Waals surface area (Å²) < 4.78 is 10.3. The van der Waals surface area contributed by atoms with Gasteiger partial charge < -0.3 is 17.6 Å². The fraction of sp³-hybridized carbons (Fsp3) is 0. The molecule has 16 aromatic carbocycles. The maximum Gasteiger partial charge on any atom is 0.0641 e. The summed E-state index contributed by atoms with van der Waals surface area (Å²) in [6.45, 7) is 0. The number of rotatable bonds is 5. The minimum Gasteiger partial charge on any atom is -0.308 e. The van der Waals surface area contributed by atoms with Crippen LogP contribution in [0.25, 0.3) is 230 Å². The molecule has 8 heterocycles. The average Bonchev–Trinajstić information content (AvgIpc) is 1.52. The number of hydrogen-bond acceptors (Lipinski definition) is 0. The molecule has 0 aliphatic heterocycles. The van der Waals surface area contributed by atoms with Crippen molar-refractivity contribution in [1.29, 1.82) is 0 Å². The number of hydrogen-bond donors (Lipinski definition) is 0. The van der Waals surface area contributed by atoms with Gasteiger partial charge in [-0.25, -0.2) is 0 Å². The number of nitrogens with zero attached hydrogens (tertiary/aromatic N) is 4. The second kappa shape index (κ2) is 17.7. The highest BCUT2D eigenvalue weighted by atomic mass is 15.0. The molecule has 4 heteroatoms. The first-order valence-corrected chi connectivity index (χ1v) is 33.5. The first kappa shape index (κ1) is 49.9. The van der Waals surface area contributed by atoms with Gasteiger partial charge in [-0.3, -0.25) is 0 Å². The summed E-state index contributed by atoms with van der Waals surface area (Å²) in [6.07, 6.45) is 0. The lowest BCUT2D eigenvalue weighted by Crippen LogP contribution is -1.92. The molecule has 0 radical (unpaired) electrons. The minimum absolute atomic E-state index is 1.19. The molecular weight excluding hydrogens is 1160 g/mol. The predicted octanol–water partition coefficient (Wildman–Crippen LogP) is 24.9. The zero-order valence-electron chi connectivity index (χ0n) is 51.7. The highest BCUT2D eigenvalue weighted by Crippen LogP contribution is 2.53. The van der Waals surface area contributed by atoms with Crippen LogP contribution in [0.5, 0.6) is 0 Å². The van der Waals surface area contributed by atoms with Crippen molar-refractivity contribution in [2.75, 3.05) is 0 Å². The monoisotopic (exact) mass is 1210 g/mol. The molecule has 438 valence electrons. The Balaban J connectivity index is 0.694. The van der Waals surface area contributed by atoms with Crippen LogP contribution in [0.2, 0.25) is 0 Å². The molecule has 24 rings (SSSR count). The van der Waals surface area contributed by atoms with Gasteiger partial charge in [-0.2, -0.15) is 0 Å². The molecule has 0 unspecified atom stereocenters. The van der Waals surface area contributed by atoms with E-state index in [1.165, 1.54) is 230 Å². The number of fused-ring (bicyclic) bond motifs is 26. The van der Waals surface area contributed by atoms with Gasteiger partial charge in [0.1, 0.15) is 0 Å². The molecule has 96 heavy (non-hydrogen) atoms. The van der Waals surface area contributed by atoms with E-state index >= 15 is 0 Å². The van der Waals surface area contributed by atoms with Gasteiger partial charge in [0.2, 0.25) is 0 Å². The van der Waals surface area contributed by atoms with Gasteiger partial charge >= 0.3 is 0 Å². The van der Waals surface area contributed by atoms with E-state index in [4.69, 9.17) is 0 Å². The summed E-state index contributed by atoms with van der Waals surface area (Å²) in [5.41, 5.74) is 27.1. The third kappa shape index (κ3) is 6.08. The van der Waals surface area contributed by atoms with Crippen molar-refractivity contribution in [3.05, 3.63) is 303 Å². The third-order valence-electron chi connectivity index (χ3n) is 22.4. The Morgan fingerprint density at radius 3 is 1.05 bits per heavy atom. The lowest BCUT2D eigenvalue weighted by molar-refractivity contribution is 1.35. The topological polar surface area (TPSA) is 17.6 Å². The van der Waals surface area contributed by atoms with Crippen molar-refractivity contribution in [3.8, 4) is 55.6 Å². The van der Waals surface area contributed by atoms with Crippen LogP contribution >= 0.6 is 0 Å². The Labute approximate surface area is 547 Å². The van der Waals surface area contributed by atoms with Crippen molar-refractivity contribution in [3.63, 3.8) is 0 Å². The smallest absolute Gasteiger partial charge is 0.0641 e. The molecule has 0 fully saturated rings. The van der Waals surface area contributed by atoms with Gasteiger partial charge in [0.05, 0.1) is 66.2 Å². The van der Waals surface area contributed by atoms with E-state index in [2.05, 4.69) is 321 Å². The van der Waals surface area contributed by atoms with Gasteiger partial charge in [0.15, 0.2) is 0 Å². The van der Waals surface area contributed by atoms with E-state index in [1.54, 1.807) is 0 Å². The van der Waals surface area contributed by atoms with E-state index in [0.29, 0.717) is 0 Å². The second-order valence-electron chi connectivity index (χ2n) is 26.9. The summed E-state index contributed by atoms with van der Waals surface area (Å²) >= 11 is 0. The molecule has 0 aliphatic rings. The van der Waals surface area contributed by atoms with E-state index in [0.717, 1.165) is 0 Å². The number of para-hydroxylation sites is 8. The van der Waals surface area contributed by atoms with Crippen molar-refractivity contribution in [2.45, 2.75) is 0 Å². The fourth-order valence-electron chi connectivity index (χ4n) is 18.6. The second-order valence-corrected chi connectivity index (χ2v) is 26.9. The van der Waals surface area contributed by atoms with Crippen LogP contribution in [-0.2, 0) is 0 Å². The Morgan fingerprint density at radius 1 is 0.156 bits per heavy atom. The fourth-order valence-corrected chi connectivity index (χ4v) is 18.6. The van der Waals surface area contributed by atoms with E-state index in [-0.39, 0.29) is 0 Å². The van der Waals surface area contributed by atoms with E-state index in [1.807, 2.05) is 0 Å². The largest absolute Gasteiger partial charge is 0.308 e. The Morgan fingerprint density at radius 2 is 0.521 bits per heavy atom. The molecule has 0 saturated carbocycles. The molecule has 24 aromatic rings. The average molecular weight is 1210 g/mol. The van der Waals surface area contributed by atoms with Crippen LogP contribution in [0.1, 0.15) is 0 Å². The van der Waals surface area contributed by atoms with Crippen LogP contribution < -0.4 is 0 Å². The van der Waals surface area contributed by atoms with Gasteiger partial charge in [-0.05, 0) is 133 Å². The normalized spacial score (nSPS) is 12.8. The Kier molecular flexibility index (Phi) is 9.18. The van der Waals surface area contributed by atoms with Crippen LogP contribution in [-0.4, -0.2) is 17.6 Å². The van der Waals surface area contributed by atoms with Crippen molar-refractivity contribution in [1.82, 2.24) is 17.6 Å². The number of aromatic nitrogens is 4. The maximum atomic E-state index is 2.58. The Hall–Kier alpha value is -12.8. The summed E-state index contributed by atoms with van der Waals surface area (Å²) in [5, 5.41) is 25.4. The molecule has 8 aromatic heterocycles. The predicted molar refractivity (Wildman–Crippen MR) is 407 cm³/mol. The molecule has 0 saturated heterocycles. The number of benzene rings is 16. The zero-order valence-corrected chi connectivity index (χ0v) is 51.7. The molecule has 4 nitrogen and oxygen atoms in total. The molecule has 0 amide bonds. The molecule has 0 bridgehead atoms. The molecule has 0 aliphatic carbocycles. The highest BCUT2D eigenvalue weighted by molar-refractivity contribution is 6.36. The lowest BCUT2D eigenvalue weighted by atomic mass is 9.88. The maximum absolute atomic E-state index is 2.58. The van der Waals surface area contributed by atoms with Crippen LogP contribution in [0.4, 0.5) is 0 Å². The third-order valence-corrected chi connectivity index (χ3v) is 22.4. The highest BCUT2D eigenvalue weighted by Gasteiger charge is 2.30. The van der Waals surface area contributed by atoms with Crippen LogP contribution in [0.15, 0.2) is 303 Å². The molecule has 0 spiro atoms. The minimum atomic E-state index is 1.19. The summed E-state index contributed by atoms with van der Waals surface area (Å²) in [4.78, 5) is 0. The van der Waals surface area contributed by atoms with Crippen LogP contribution in [0.3, 0.4) is 0 Å². The first-order valence-electron chi connectivity index (χ1n) is 33.5. The molecular formula is C92H50N4. The standard InChI is InChI=1S/C92H50N4/c1-2-24-60-52(18-1)47-58(48-74(60)55-20-12-22-56(46-55)83-85-72-36-16-32-68-62-25-3-7-38-77(62)93(89(68)72)81(85)50-82-86(83)73-37-17-33-69-63-26-4-8-39-78(63)94(82)90(69)73)51-42-43-61-53(44-51)21-13-29-59(61)54-19-11-23-57(45-54)84-91-75(70-34-14-30-66-64-27-5-9-40-79(64)95(91)87(66)70)49-76-71-35-15-31-67-65-28-6-10-41-80(65)96(88(67)71)92(76)84/h1-50H.